The molecule has 2 rings (SSSR count). The van der Waals surface area contributed by atoms with E-state index in [1.54, 1.807) is 0 Å². The molecular weight excluding hydrogens is 333 g/mol. The van der Waals surface area contributed by atoms with Crippen LogP contribution < -0.4 is 15.8 Å². The molecule has 0 spiro atoms. The molecule has 2 aromatic rings. The molecule has 1 heterocycles. The number of alkyl halides is 3. The Hall–Kier alpha value is -2.77. The molecule has 0 amide bonds. The van der Waals surface area contributed by atoms with E-state index in [1.807, 2.05) is 31.2 Å². The zero-order valence-corrected chi connectivity index (χ0v) is 13.7. The van der Waals surface area contributed by atoms with Gasteiger partial charge in [-0.1, -0.05) is 19.1 Å². The van der Waals surface area contributed by atoms with Crippen LogP contribution in [0.4, 0.5) is 18.9 Å². The fraction of sp³-hybridized carbons (Fsp3) is 0.294. The molecule has 0 fully saturated rings. The van der Waals surface area contributed by atoms with Gasteiger partial charge in [-0.05, 0) is 36.2 Å². The van der Waals surface area contributed by atoms with Crippen molar-refractivity contribution in [2.24, 2.45) is 10.7 Å². The van der Waals surface area contributed by atoms with Crippen LogP contribution in [0.5, 0.6) is 5.88 Å². The molecule has 0 bridgehead atoms. The van der Waals surface area contributed by atoms with Gasteiger partial charge in [-0.2, -0.15) is 13.2 Å². The summed E-state index contributed by atoms with van der Waals surface area (Å²) in [4.78, 5) is 7.64. The highest BCUT2D eigenvalue weighted by molar-refractivity contribution is 5.92. The zero-order valence-electron chi connectivity index (χ0n) is 13.7. The lowest BCUT2D eigenvalue weighted by molar-refractivity contribution is -0.139. The van der Waals surface area contributed by atoms with E-state index in [1.165, 1.54) is 12.3 Å². The number of rotatable bonds is 6. The average molecular weight is 352 g/mol. The number of aryl methyl sites for hydroxylation is 1. The molecule has 0 aliphatic carbocycles. The minimum atomic E-state index is -4.52. The quantitative estimate of drug-likeness (QED) is 0.474. The van der Waals surface area contributed by atoms with Crippen LogP contribution in [0.3, 0.4) is 0 Å². The van der Waals surface area contributed by atoms with Gasteiger partial charge in [0.2, 0.25) is 5.88 Å². The first-order chi connectivity index (χ1) is 11.9. The first-order valence-electron chi connectivity index (χ1n) is 7.71. The standard InChI is InChI=1S/C17H19F3N4O/c1-2-12-5-3-6-13(11-12)24-16(21)23-9-10-25-15-14(17(18,19)20)7-4-8-22-15/h3-8,11H,2,9-10H2,1H3,(H3,21,23,24). The number of aliphatic imine (C=N–C) groups is 1. The molecule has 0 saturated carbocycles. The van der Waals surface area contributed by atoms with Crippen LogP contribution >= 0.6 is 0 Å². The lowest BCUT2D eigenvalue weighted by Gasteiger charge is -2.12. The van der Waals surface area contributed by atoms with Gasteiger partial charge in [-0.3, -0.25) is 0 Å². The fourth-order valence-corrected chi connectivity index (χ4v) is 2.09. The molecule has 0 aliphatic heterocycles. The second-order valence-corrected chi connectivity index (χ2v) is 5.15. The minimum absolute atomic E-state index is 0.0720. The zero-order chi connectivity index (χ0) is 18.3. The SMILES string of the molecule is CCc1cccc(NC(N)=NCCOc2ncccc2C(F)(F)F)c1. The van der Waals surface area contributed by atoms with Crippen LogP contribution in [0.1, 0.15) is 18.1 Å². The van der Waals surface area contributed by atoms with E-state index in [2.05, 4.69) is 15.3 Å². The summed E-state index contributed by atoms with van der Waals surface area (Å²) in [5.74, 6) is -0.304. The highest BCUT2D eigenvalue weighted by Crippen LogP contribution is 2.34. The van der Waals surface area contributed by atoms with Gasteiger partial charge >= 0.3 is 6.18 Å². The van der Waals surface area contributed by atoms with Gasteiger partial charge in [0.05, 0.1) is 6.54 Å². The van der Waals surface area contributed by atoms with E-state index >= 15 is 0 Å². The average Bonchev–Trinajstić information content (AvgIpc) is 2.58. The molecule has 8 heteroatoms. The third-order valence-corrected chi connectivity index (χ3v) is 3.30. The second kappa shape index (κ2) is 8.36. The van der Waals surface area contributed by atoms with Crippen molar-refractivity contribution < 1.29 is 17.9 Å². The van der Waals surface area contributed by atoms with Gasteiger partial charge in [0.1, 0.15) is 12.2 Å². The maximum Gasteiger partial charge on any atom is 0.421 e. The lowest BCUT2D eigenvalue weighted by Crippen LogP contribution is -2.23. The number of aromatic nitrogens is 1. The second-order valence-electron chi connectivity index (χ2n) is 5.15. The van der Waals surface area contributed by atoms with Crippen molar-refractivity contribution in [1.29, 1.82) is 0 Å². The first kappa shape index (κ1) is 18.6. The Morgan fingerprint density at radius 3 is 2.80 bits per heavy atom. The topological polar surface area (TPSA) is 72.5 Å². The van der Waals surface area contributed by atoms with E-state index in [9.17, 15) is 13.2 Å². The van der Waals surface area contributed by atoms with Crippen LogP contribution in [-0.4, -0.2) is 24.1 Å². The van der Waals surface area contributed by atoms with Crippen LogP contribution in [0, 0.1) is 0 Å². The number of nitrogens with one attached hydrogen (secondary N) is 1. The predicted molar refractivity (Wildman–Crippen MR) is 90.7 cm³/mol. The summed E-state index contributed by atoms with van der Waals surface area (Å²) >= 11 is 0. The van der Waals surface area contributed by atoms with Crippen molar-refractivity contribution in [2.45, 2.75) is 19.5 Å². The van der Waals surface area contributed by atoms with Crippen LogP contribution in [0.2, 0.25) is 0 Å². The maximum atomic E-state index is 12.8. The van der Waals surface area contributed by atoms with E-state index in [0.717, 1.165) is 23.7 Å². The highest BCUT2D eigenvalue weighted by atomic mass is 19.4. The number of hydrogen-bond acceptors (Lipinski definition) is 3. The molecule has 25 heavy (non-hydrogen) atoms. The van der Waals surface area contributed by atoms with Crippen molar-refractivity contribution >= 4 is 11.6 Å². The molecule has 0 atom stereocenters. The van der Waals surface area contributed by atoms with Gasteiger partial charge in [0, 0.05) is 11.9 Å². The summed E-state index contributed by atoms with van der Waals surface area (Å²) in [6, 6.07) is 9.82. The van der Waals surface area contributed by atoms with Gasteiger partial charge < -0.3 is 15.8 Å². The molecule has 5 nitrogen and oxygen atoms in total. The van der Waals surface area contributed by atoms with Gasteiger partial charge in [0.15, 0.2) is 5.96 Å². The van der Waals surface area contributed by atoms with Gasteiger partial charge in [0.25, 0.3) is 0 Å². The summed E-state index contributed by atoms with van der Waals surface area (Å²) in [6.07, 6.45) is -2.38. The minimum Gasteiger partial charge on any atom is -0.475 e. The number of ether oxygens (including phenoxy) is 1. The van der Waals surface area contributed by atoms with Crippen molar-refractivity contribution in [3.05, 3.63) is 53.7 Å². The van der Waals surface area contributed by atoms with Crippen molar-refractivity contribution in [2.75, 3.05) is 18.5 Å². The number of halogens is 3. The maximum absolute atomic E-state index is 12.8. The normalized spacial score (nSPS) is 12.1. The third-order valence-electron chi connectivity index (χ3n) is 3.30. The van der Waals surface area contributed by atoms with Crippen molar-refractivity contribution in [3.8, 4) is 5.88 Å². The Morgan fingerprint density at radius 2 is 2.08 bits per heavy atom. The fourth-order valence-electron chi connectivity index (χ4n) is 2.09. The number of hydrogen-bond donors (Lipinski definition) is 2. The summed E-state index contributed by atoms with van der Waals surface area (Å²) < 4.78 is 43.5. The molecule has 0 radical (unpaired) electrons. The first-order valence-corrected chi connectivity index (χ1v) is 7.71. The monoisotopic (exact) mass is 352 g/mol. The summed E-state index contributed by atoms with van der Waals surface area (Å²) in [7, 11) is 0. The number of pyridine rings is 1. The van der Waals surface area contributed by atoms with Gasteiger partial charge in [-0.25, -0.2) is 9.98 Å². The number of benzene rings is 1. The summed E-state index contributed by atoms with van der Waals surface area (Å²) in [6.45, 7) is 2.07. The number of nitrogens with two attached hydrogens (primary N) is 1. The molecule has 3 N–H and O–H groups in total. The molecule has 0 unspecified atom stereocenters. The Morgan fingerprint density at radius 1 is 1.28 bits per heavy atom. The molecular formula is C17H19F3N4O. The molecule has 1 aromatic carbocycles. The summed E-state index contributed by atoms with van der Waals surface area (Å²) in [5, 5.41) is 2.93. The van der Waals surface area contributed by atoms with Gasteiger partial charge in [-0.15, -0.1) is 0 Å². The summed E-state index contributed by atoms with van der Waals surface area (Å²) in [5.41, 5.74) is 6.79. The smallest absolute Gasteiger partial charge is 0.421 e. The number of guanidine groups is 1. The van der Waals surface area contributed by atoms with Crippen LogP contribution in [0.25, 0.3) is 0 Å². The van der Waals surface area contributed by atoms with E-state index in [4.69, 9.17) is 10.5 Å². The Balaban J connectivity index is 1.89. The van der Waals surface area contributed by atoms with E-state index < -0.39 is 17.6 Å². The number of nitrogens with zero attached hydrogens (tertiary/aromatic N) is 2. The highest BCUT2D eigenvalue weighted by Gasteiger charge is 2.34. The Bertz CT molecular complexity index is 732. The molecule has 0 saturated heterocycles. The number of anilines is 1. The van der Waals surface area contributed by atoms with E-state index in [-0.39, 0.29) is 19.1 Å². The molecule has 0 aliphatic rings. The van der Waals surface area contributed by atoms with Crippen molar-refractivity contribution in [3.63, 3.8) is 0 Å². The van der Waals surface area contributed by atoms with Crippen molar-refractivity contribution in [1.82, 2.24) is 4.98 Å². The third kappa shape index (κ3) is 5.66. The Kier molecular flexibility index (Phi) is 6.21. The van der Waals surface area contributed by atoms with E-state index in [0.29, 0.717) is 0 Å². The molecule has 1 aromatic heterocycles. The molecule has 134 valence electrons. The largest absolute Gasteiger partial charge is 0.475 e. The lowest BCUT2D eigenvalue weighted by atomic mass is 10.1. The Labute approximate surface area is 143 Å². The predicted octanol–water partition coefficient (Wildman–Crippen LogP) is 3.47. The van der Waals surface area contributed by atoms with Crippen LogP contribution in [-0.2, 0) is 12.6 Å². The van der Waals surface area contributed by atoms with Crippen LogP contribution in [0.15, 0.2) is 47.6 Å².